The molecule has 3 rings (SSSR count). The summed E-state index contributed by atoms with van der Waals surface area (Å²) in [5, 5.41) is 2.98. The molecule has 0 saturated carbocycles. The highest BCUT2D eigenvalue weighted by atomic mass is 16.7. The Morgan fingerprint density at radius 3 is 2.75 bits per heavy atom. The highest BCUT2D eigenvalue weighted by Crippen LogP contribution is 2.32. The molecule has 2 aromatic carbocycles. The van der Waals surface area contributed by atoms with Crippen LogP contribution in [0, 0.1) is 13.8 Å². The molecule has 1 aliphatic heterocycles. The predicted molar refractivity (Wildman–Crippen MR) is 93.4 cm³/mol. The third-order valence-electron chi connectivity index (χ3n) is 3.97. The molecular weight excluding hydrogens is 304 g/mol. The van der Waals surface area contributed by atoms with Gasteiger partial charge in [-0.3, -0.25) is 9.69 Å². The van der Waals surface area contributed by atoms with E-state index in [4.69, 9.17) is 9.47 Å². The maximum atomic E-state index is 12.3. The van der Waals surface area contributed by atoms with Crippen LogP contribution in [0.3, 0.4) is 0 Å². The number of anilines is 1. The normalized spacial score (nSPS) is 12.5. The number of likely N-dealkylation sites (N-methyl/N-ethyl adjacent to an activating group) is 1. The Kier molecular flexibility index (Phi) is 4.71. The molecule has 0 unspecified atom stereocenters. The lowest BCUT2D eigenvalue weighted by molar-refractivity contribution is -0.117. The second-order valence-electron chi connectivity index (χ2n) is 6.23. The lowest BCUT2D eigenvalue weighted by Crippen LogP contribution is -2.30. The molecule has 0 radical (unpaired) electrons. The van der Waals surface area contributed by atoms with Gasteiger partial charge in [0.15, 0.2) is 11.5 Å². The number of nitrogens with one attached hydrogen (secondary N) is 1. The first-order chi connectivity index (χ1) is 11.5. The molecule has 5 heteroatoms. The number of carbonyl (C=O) groups is 1. The van der Waals surface area contributed by atoms with Crippen molar-refractivity contribution in [3.05, 3.63) is 53.1 Å². The van der Waals surface area contributed by atoms with Crippen LogP contribution in [0.2, 0.25) is 0 Å². The van der Waals surface area contributed by atoms with Crippen LogP contribution in [0.4, 0.5) is 5.69 Å². The summed E-state index contributed by atoms with van der Waals surface area (Å²) in [7, 11) is 1.92. The van der Waals surface area contributed by atoms with Crippen molar-refractivity contribution < 1.29 is 14.3 Å². The Morgan fingerprint density at radius 1 is 1.12 bits per heavy atom. The van der Waals surface area contributed by atoms with Crippen LogP contribution in [-0.2, 0) is 11.3 Å². The molecule has 0 aliphatic carbocycles. The number of carbonyl (C=O) groups excluding carboxylic acids is 1. The van der Waals surface area contributed by atoms with Gasteiger partial charge < -0.3 is 14.8 Å². The molecule has 1 amide bonds. The molecule has 1 aliphatic rings. The fraction of sp³-hybridized carbons (Fsp3) is 0.316. The van der Waals surface area contributed by atoms with Crippen LogP contribution in [0.15, 0.2) is 36.4 Å². The largest absolute Gasteiger partial charge is 0.454 e. The third kappa shape index (κ3) is 3.86. The SMILES string of the molecule is Cc1ccc(C)c(NC(=O)CN(C)Cc2ccc3c(c2)OCO3)c1. The van der Waals surface area contributed by atoms with E-state index in [1.807, 2.05) is 62.2 Å². The molecule has 0 saturated heterocycles. The molecule has 2 aromatic rings. The van der Waals surface area contributed by atoms with Gasteiger partial charge in [-0.15, -0.1) is 0 Å². The Labute approximate surface area is 142 Å². The summed E-state index contributed by atoms with van der Waals surface area (Å²) in [5.41, 5.74) is 4.15. The molecule has 1 N–H and O–H groups in total. The van der Waals surface area contributed by atoms with E-state index in [0.29, 0.717) is 13.1 Å². The second kappa shape index (κ2) is 6.93. The number of hydrogen-bond donors (Lipinski definition) is 1. The molecule has 5 nitrogen and oxygen atoms in total. The van der Waals surface area contributed by atoms with Gasteiger partial charge >= 0.3 is 0 Å². The Morgan fingerprint density at radius 2 is 1.92 bits per heavy atom. The molecule has 1 heterocycles. The minimum atomic E-state index is -0.0213. The minimum absolute atomic E-state index is 0.0213. The van der Waals surface area contributed by atoms with Crippen molar-refractivity contribution >= 4 is 11.6 Å². The molecule has 0 bridgehead atoms. The number of benzene rings is 2. The van der Waals surface area contributed by atoms with Crippen LogP contribution in [0.5, 0.6) is 11.5 Å². The summed E-state index contributed by atoms with van der Waals surface area (Å²) < 4.78 is 10.7. The van der Waals surface area contributed by atoms with Crippen molar-refractivity contribution in [2.24, 2.45) is 0 Å². The number of amides is 1. The van der Waals surface area contributed by atoms with E-state index >= 15 is 0 Å². The first kappa shape index (κ1) is 16.3. The zero-order valence-corrected chi connectivity index (χ0v) is 14.3. The number of fused-ring (bicyclic) bond motifs is 1. The number of rotatable bonds is 5. The molecule has 24 heavy (non-hydrogen) atoms. The zero-order chi connectivity index (χ0) is 17.1. The van der Waals surface area contributed by atoms with E-state index < -0.39 is 0 Å². The summed E-state index contributed by atoms with van der Waals surface area (Å²) in [6, 6.07) is 11.9. The fourth-order valence-corrected chi connectivity index (χ4v) is 2.71. The topological polar surface area (TPSA) is 50.8 Å². The lowest BCUT2D eigenvalue weighted by atomic mass is 10.1. The van der Waals surface area contributed by atoms with Crippen LogP contribution in [-0.4, -0.2) is 31.2 Å². The summed E-state index contributed by atoms with van der Waals surface area (Å²) >= 11 is 0. The molecule has 0 spiro atoms. The van der Waals surface area contributed by atoms with E-state index in [1.54, 1.807) is 0 Å². The van der Waals surface area contributed by atoms with E-state index in [9.17, 15) is 4.79 Å². The maximum Gasteiger partial charge on any atom is 0.238 e. The molecule has 126 valence electrons. The standard InChI is InChI=1S/C19H22N2O3/c1-13-4-5-14(2)16(8-13)20-19(22)11-21(3)10-15-6-7-17-18(9-15)24-12-23-17/h4-9H,10-12H2,1-3H3,(H,20,22). The van der Waals surface area contributed by atoms with Gasteiger partial charge in [0.2, 0.25) is 12.7 Å². The van der Waals surface area contributed by atoms with Crippen molar-refractivity contribution in [1.82, 2.24) is 4.90 Å². The zero-order valence-electron chi connectivity index (χ0n) is 14.3. The van der Waals surface area contributed by atoms with Gasteiger partial charge in [0, 0.05) is 12.2 Å². The Hall–Kier alpha value is -2.53. The quantitative estimate of drug-likeness (QED) is 0.917. The van der Waals surface area contributed by atoms with Crippen molar-refractivity contribution in [2.75, 3.05) is 25.7 Å². The molecule has 0 fully saturated rings. The molecule has 0 aromatic heterocycles. The van der Waals surface area contributed by atoms with E-state index in [2.05, 4.69) is 5.32 Å². The van der Waals surface area contributed by atoms with Crippen molar-refractivity contribution in [2.45, 2.75) is 20.4 Å². The average molecular weight is 326 g/mol. The first-order valence-electron chi connectivity index (χ1n) is 7.95. The molecular formula is C19H22N2O3. The van der Waals surface area contributed by atoms with E-state index in [1.165, 1.54) is 0 Å². The van der Waals surface area contributed by atoms with Crippen molar-refractivity contribution in [3.63, 3.8) is 0 Å². The third-order valence-corrected chi connectivity index (χ3v) is 3.97. The minimum Gasteiger partial charge on any atom is -0.454 e. The van der Waals surface area contributed by atoms with Crippen molar-refractivity contribution in [3.8, 4) is 11.5 Å². The van der Waals surface area contributed by atoms with Gasteiger partial charge in [-0.25, -0.2) is 0 Å². The number of aryl methyl sites for hydroxylation is 2. The second-order valence-corrected chi connectivity index (χ2v) is 6.23. The maximum absolute atomic E-state index is 12.3. The molecule has 0 atom stereocenters. The van der Waals surface area contributed by atoms with Crippen LogP contribution >= 0.6 is 0 Å². The van der Waals surface area contributed by atoms with Crippen LogP contribution in [0.1, 0.15) is 16.7 Å². The monoisotopic (exact) mass is 326 g/mol. The van der Waals surface area contributed by atoms with Gasteiger partial charge in [0.25, 0.3) is 0 Å². The smallest absolute Gasteiger partial charge is 0.238 e. The lowest BCUT2D eigenvalue weighted by Gasteiger charge is -2.17. The highest BCUT2D eigenvalue weighted by Gasteiger charge is 2.15. The number of nitrogens with zero attached hydrogens (tertiary/aromatic N) is 1. The number of hydrogen-bond acceptors (Lipinski definition) is 4. The summed E-state index contributed by atoms with van der Waals surface area (Å²) in [6.45, 7) is 5.26. The average Bonchev–Trinajstić information content (AvgIpc) is 2.98. The summed E-state index contributed by atoms with van der Waals surface area (Å²) in [4.78, 5) is 14.2. The Bertz CT molecular complexity index is 758. The summed E-state index contributed by atoms with van der Waals surface area (Å²) in [5.74, 6) is 1.52. The summed E-state index contributed by atoms with van der Waals surface area (Å²) in [6.07, 6.45) is 0. The Balaban J connectivity index is 1.57. The fourth-order valence-electron chi connectivity index (χ4n) is 2.71. The van der Waals surface area contributed by atoms with Gasteiger partial charge in [0.1, 0.15) is 0 Å². The highest BCUT2D eigenvalue weighted by molar-refractivity contribution is 5.93. The van der Waals surface area contributed by atoms with Gasteiger partial charge in [-0.05, 0) is 55.8 Å². The first-order valence-corrected chi connectivity index (χ1v) is 7.95. The van der Waals surface area contributed by atoms with Gasteiger partial charge in [0.05, 0.1) is 6.54 Å². The van der Waals surface area contributed by atoms with Crippen LogP contribution in [0.25, 0.3) is 0 Å². The number of ether oxygens (including phenoxy) is 2. The van der Waals surface area contributed by atoms with Crippen molar-refractivity contribution in [1.29, 1.82) is 0 Å². The van der Waals surface area contributed by atoms with Gasteiger partial charge in [-0.1, -0.05) is 18.2 Å². The van der Waals surface area contributed by atoms with E-state index in [0.717, 1.165) is 33.9 Å². The predicted octanol–water partition coefficient (Wildman–Crippen LogP) is 3.10. The van der Waals surface area contributed by atoms with E-state index in [-0.39, 0.29) is 12.7 Å². The van der Waals surface area contributed by atoms with Gasteiger partial charge in [-0.2, -0.15) is 0 Å². The van der Waals surface area contributed by atoms with Crippen LogP contribution < -0.4 is 14.8 Å².